The molecule has 0 spiro atoms. The Kier molecular flexibility index (Phi) is 3.50. The first-order valence-corrected chi connectivity index (χ1v) is 7.06. The third kappa shape index (κ3) is 2.56. The van der Waals surface area contributed by atoms with Crippen molar-refractivity contribution in [3.63, 3.8) is 0 Å². The van der Waals surface area contributed by atoms with Gasteiger partial charge in [-0.2, -0.15) is 10.2 Å². The maximum absolute atomic E-state index is 12.5. The van der Waals surface area contributed by atoms with Crippen molar-refractivity contribution in [2.75, 3.05) is 18.4 Å². The molecule has 0 bridgehead atoms. The molecule has 1 aliphatic rings. The molecular weight excluding hydrogens is 268 g/mol. The van der Waals surface area contributed by atoms with Gasteiger partial charge in [0.05, 0.1) is 12.1 Å². The highest BCUT2D eigenvalue weighted by atomic mass is 16.2. The third-order valence-electron chi connectivity index (χ3n) is 4.19. The van der Waals surface area contributed by atoms with Gasteiger partial charge in [0.1, 0.15) is 0 Å². The lowest BCUT2D eigenvalue weighted by Crippen LogP contribution is -2.28. The standard InChI is InChI=1S/C14H20N6O/c1-9-10(8-16-20(9)3)11-6-15-7-12(11)14(21)17-13-4-5-19(2)18-13/h4-5,8,11-12,15H,6-7H2,1-3H3,(H,17,18,21)/t11-,12+/m1/s1. The number of carbonyl (C=O) groups is 1. The van der Waals surface area contributed by atoms with Crippen LogP contribution >= 0.6 is 0 Å². The highest BCUT2D eigenvalue weighted by Crippen LogP contribution is 2.30. The number of nitrogens with zero attached hydrogens (tertiary/aromatic N) is 4. The molecule has 2 atom stereocenters. The van der Waals surface area contributed by atoms with Gasteiger partial charge in [0.2, 0.25) is 5.91 Å². The summed E-state index contributed by atoms with van der Waals surface area (Å²) in [4.78, 5) is 12.5. The molecule has 7 heteroatoms. The molecule has 1 saturated heterocycles. The van der Waals surface area contributed by atoms with Gasteiger partial charge in [0, 0.05) is 51.1 Å². The summed E-state index contributed by atoms with van der Waals surface area (Å²) in [5.41, 5.74) is 2.25. The van der Waals surface area contributed by atoms with Crippen LogP contribution in [-0.2, 0) is 18.9 Å². The van der Waals surface area contributed by atoms with E-state index >= 15 is 0 Å². The van der Waals surface area contributed by atoms with Crippen LogP contribution in [0.3, 0.4) is 0 Å². The third-order valence-corrected chi connectivity index (χ3v) is 4.19. The summed E-state index contributed by atoms with van der Waals surface area (Å²) >= 11 is 0. The van der Waals surface area contributed by atoms with Crippen LogP contribution in [0.25, 0.3) is 0 Å². The minimum absolute atomic E-state index is 0.00644. The molecule has 7 nitrogen and oxygen atoms in total. The van der Waals surface area contributed by atoms with Crippen molar-refractivity contribution in [3.05, 3.63) is 29.7 Å². The SMILES string of the molecule is Cc1c([C@H]2CNC[C@@H]2C(=O)Nc2ccn(C)n2)cnn1C. The van der Waals surface area contributed by atoms with E-state index in [1.54, 1.807) is 10.7 Å². The fourth-order valence-corrected chi connectivity index (χ4v) is 2.86. The Morgan fingerprint density at radius 3 is 2.86 bits per heavy atom. The smallest absolute Gasteiger partial charge is 0.230 e. The first kappa shape index (κ1) is 13.8. The molecule has 0 aromatic carbocycles. The zero-order valence-electron chi connectivity index (χ0n) is 12.5. The molecular formula is C14H20N6O. The van der Waals surface area contributed by atoms with Gasteiger partial charge in [-0.25, -0.2) is 0 Å². The van der Waals surface area contributed by atoms with Crippen molar-refractivity contribution >= 4 is 11.7 Å². The van der Waals surface area contributed by atoms with E-state index in [1.807, 2.05) is 38.1 Å². The first-order chi connectivity index (χ1) is 10.1. The molecule has 1 aliphatic heterocycles. The Bertz CT molecular complexity index is 658. The summed E-state index contributed by atoms with van der Waals surface area (Å²) in [6.45, 7) is 3.51. The average Bonchev–Trinajstić information content (AvgIpc) is 3.13. The summed E-state index contributed by atoms with van der Waals surface area (Å²) in [5, 5.41) is 14.7. The summed E-state index contributed by atoms with van der Waals surface area (Å²) in [6, 6.07) is 1.80. The Labute approximate surface area is 123 Å². The second-order valence-electron chi connectivity index (χ2n) is 5.54. The molecule has 3 rings (SSSR count). The lowest BCUT2D eigenvalue weighted by molar-refractivity contribution is -0.119. The molecule has 21 heavy (non-hydrogen) atoms. The number of anilines is 1. The summed E-state index contributed by atoms with van der Waals surface area (Å²) in [5.74, 6) is 0.653. The molecule has 112 valence electrons. The number of aromatic nitrogens is 4. The van der Waals surface area contributed by atoms with E-state index in [-0.39, 0.29) is 17.7 Å². The maximum Gasteiger partial charge on any atom is 0.230 e. The van der Waals surface area contributed by atoms with Crippen molar-refractivity contribution in [1.29, 1.82) is 0 Å². The van der Waals surface area contributed by atoms with Gasteiger partial charge in [-0.15, -0.1) is 0 Å². The molecule has 2 aromatic rings. The van der Waals surface area contributed by atoms with Gasteiger partial charge < -0.3 is 10.6 Å². The van der Waals surface area contributed by atoms with Crippen molar-refractivity contribution in [1.82, 2.24) is 24.9 Å². The average molecular weight is 288 g/mol. The quantitative estimate of drug-likeness (QED) is 0.857. The van der Waals surface area contributed by atoms with Gasteiger partial charge in [-0.3, -0.25) is 14.2 Å². The normalized spacial score (nSPS) is 21.7. The highest BCUT2D eigenvalue weighted by Gasteiger charge is 2.35. The number of hydrogen-bond donors (Lipinski definition) is 2. The zero-order valence-corrected chi connectivity index (χ0v) is 12.5. The number of amides is 1. The van der Waals surface area contributed by atoms with E-state index in [9.17, 15) is 4.79 Å². The first-order valence-electron chi connectivity index (χ1n) is 7.06. The molecule has 2 N–H and O–H groups in total. The molecule has 0 unspecified atom stereocenters. The van der Waals surface area contributed by atoms with Crippen LogP contribution < -0.4 is 10.6 Å². The predicted molar refractivity (Wildman–Crippen MR) is 78.9 cm³/mol. The second kappa shape index (κ2) is 5.33. The van der Waals surface area contributed by atoms with Crippen LogP contribution in [0, 0.1) is 12.8 Å². The van der Waals surface area contributed by atoms with E-state index in [4.69, 9.17) is 0 Å². The van der Waals surface area contributed by atoms with Crippen LogP contribution in [0.5, 0.6) is 0 Å². The zero-order chi connectivity index (χ0) is 15.0. The van der Waals surface area contributed by atoms with Crippen molar-refractivity contribution < 1.29 is 4.79 Å². The van der Waals surface area contributed by atoms with Crippen LogP contribution in [0.2, 0.25) is 0 Å². The lowest BCUT2D eigenvalue weighted by atomic mass is 9.88. The number of rotatable bonds is 3. The van der Waals surface area contributed by atoms with Crippen LogP contribution in [0.15, 0.2) is 18.5 Å². The van der Waals surface area contributed by atoms with Crippen molar-refractivity contribution in [3.8, 4) is 0 Å². The summed E-state index contributed by atoms with van der Waals surface area (Å²) in [6.07, 6.45) is 3.68. The van der Waals surface area contributed by atoms with Crippen LogP contribution in [0.4, 0.5) is 5.82 Å². The van der Waals surface area contributed by atoms with Gasteiger partial charge >= 0.3 is 0 Å². The Morgan fingerprint density at radius 1 is 1.43 bits per heavy atom. The molecule has 3 heterocycles. The van der Waals surface area contributed by atoms with E-state index in [0.717, 1.165) is 17.8 Å². The lowest BCUT2D eigenvalue weighted by Gasteiger charge is -2.17. The largest absolute Gasteiger partial charge is 0.315 e. The number of nitrogens with one attached hydrogen (secondary N) is 2. The van der Waals surface area contributed by atoms with Gasteiger partial charge in [0.15, 0.2) is 5.82 Å². The predicted octanol–water partition coefficient (Wildman–Crippen LogP) is 0.404. The summed E-state index contributed by atoms with van der Waals surface area (Å²) < 4.78 is 3.52. The minimum Gasteiger partial charge on any atom is -0.315 e. The summed E-state index contributed by atoms with van der Waals surface area (Å²) in [7, 11) is 3.75. The van der Waals surface area contributed by atoms with Crippen molar-refractivity contribution in [2.45, 2.75) is 12.8 Å². The second-order valence-corrected chi connectivity index (χ2v) is 5.54. The fraction of sp³-hybridized carbons (Fsp3) is 0.500. The number of aryl methyl sites for hydroxylation is 2. The van der Waals surface area contributed by atoms with Crippen LogP contribution in [0.1, 0.15) is 17.2 Å². The van der Waals surface area contributed by atoms with Crippen LogP contribution in [-0.4, -0.2) is 38.6 Å². The molecule has 0 saturated carbocycles. The van der Waals surface area contributed by atoms with Crippen molar-refractivity contribution in [2.24, 2.45) is 20.0 Å². The number of carbonyl (C=O) groups excluding carboxylic acids is 1. The van der Waals surface area contributed by atoms with E-state index in [0.29, 0.717) is 12.4 Å². The minimum atomic E-state index is -0.102. The monoisotopic (exact) mass is 288 g/mol. The Morgan fingerprint density at radius 2 is 2.24 bits per heavy atom. The highest BCUT2D eigenvalue weighted by molar-refractivity contribution is 5.92. The molecule has 0 radical (unpaired) electrons. The molecule has 0 aliphatic carbocycles. The van der Waals surface area contributed by atoms with E-state index in [2.05, 4.69) is 20.8 Å². The Balaban J connectivity index is 1.77. The number of hydrogen-bond acceptors (Lipinski definition) is 4. The van der Waals surface area contributed by atoms with Gasteiger partial charge in [-0.1, -0.05) is 0 Å². The molecule has 2 aromatic heterocycles. The molecule has 1 fully saturated rings. The van der Waals surface area contributed by atoms with E-state index in [1.165, 1.54) is 0 Å². The topological polar surface area (TPSA) is 76.8 Å². The van der Waals surface area contributed by atoms with Gasteiger partial charge in [0.25, 0.3) is 0 Å². The van der Waals surface area contributed by atoms with E-state index < -0.39 is 0 Å². The molecule has 1 amide bonds. The fourth-order valence-electron chi connectivity index (χ4n) is 2.86. The Hall–Kier alpha value is -2.15. The van der Waals surface area contributed by atoms with Gasteiger partial charge in [-0.05, 0) is 12.5 Å². The maximum atomic E-state index is 12.5.